The van der Waals surface area contributed by atoms with Gasteiger partial charge in [0, 0.05) is 13.2 Å². The Morgan fingerprint density at radius 1 is 1.14 bits per heavy atom. The van der Waals surface area contributed by atoms with E-state index in [1.807, 2.05) is 13.8 Å². The molecule has 1 unspecified atom stereocenters. The lowest BCUT2D eigenvalue weighted by molar-refractivity contribution is 0.0584. The first-order chi connectivity index (χ1) is 6.68. The lowest BCUT2D eigenvalue weighted by Gasteiger charge is -1.99. The number of aliphatic hydroxyl groups excluding tert-OH is 1. The van der Waals surface area contributed by atoms with Gasteiger partial charge in [-0.05, 0) is 26.0 Å². The average molecular weight is 242 g/mol. The van der Waals surface area contributed by atoms with Gasteiger partial charge in [0.2, 0.25) is 0 Å². The van der Waals surface area contributed by atoms with Gasteiger partial charge in [0.15, 0.2) is 0 Å². The van der Waals surface area contributed by atoms with Gasteiger partial charge in [-0.25, -0.2) is 0 Å². The van der Waals surface area contributed by atoms with Gasteiger partial charge in [0.1, 0.15) is 0 Å². The van der Waals surface area contributed by atoms with Gasteiger partial charge in [-0.15, -0.1) is 12.6 Å². The van der Waals surface area contributed by atoms with Crippen molar-refractivity contribution >= 4 is 25.3 Å². The topological polar surface area (TPSA) is 38.7 Å². The minimum atomic E-state index is -0.484. The molecule has 0 heterocycles. The first-order valence-corrected chi connectivity index (χ1v) is 5.96. The van der Waals surface area contributed by atoms with Gasteiger partial charge in [0.05, 0.1) is 18.6 Å². The molecule has 14 heavy (non-hydrogen) atoms. The highest BCUT2D eigenvalue weighted by atomic mass is 32.1. The van der Waals surface area contributed by atoms with Crippen molar-refractivity contribution in [2.75, 3.05) is 32.2 Å². The molecule has 0 aromatic rings. The Balaban J connectivity index is 0. The Hall–Kier alpha value is 0.580. The third-order valence-corrected chi connectivity index (χ3v) is 1.68. The molecule has 0 aliphatic carbocycles. The molecule has 0 radical (unpaired) electrons. The number of thiol groups is 2. The van der Waals surface area contributed by atoms with Crippen LogP contribution < -0.4 is 0 Å². The number of rotatable bonds is 7. The molecule has 5 heteroatoms. The predicted octanol–water partition coefficient (Wildman–Crippen LogP) is 1.61. The molecule has 0 aromatic heterocycles. The summed E-state index contributed by atoms with van der Waals surface area (Å²) < 4.78 is 10.0. The summed E-state index contributed by atoms with van der Waals surface area (Å²) >= 11 is 7.54. The van der Waals surface area contributed by atoms with E-state index in [-0.39, 0.29) is 0 Å². The standard InChI is InChI=1S/C6H14O2.C3H8OS2/c1-3-7-5-6-8-4-2;4-3(6)1-2-5/h3-6H2,1-2H3;3-6H,1-2H2. The van der Waals surface area contributed by atoms with Gasteiger partial charge in [-0.2, -0.15) is 12.6 Å². The third kappa shape index (κ3) is 22.9. The lowest BCUT2D eigenvalue weighted by atomic mass is 10.5. The van der Waals surface area contributed by atoms with E-state index < -0.39 is 5.44 Å². The molecule has 0 bridgehead atoms. The van der Waals surface area contributed by atoms with Gasteiger partial charge < -0.3 is 14.6 Å². The largest absolute Gasteiger partial charge is 0.383 e. The molecule has 0 aromatic carbocycles. The van der Waals surface area contributed by atoms with Crippen LogP contribution >= 0.6 is 25.3 Å². The van der Waals surface area contributed by atoms with E-state index in [0.29, 0.717) is 12.2 Å². The second-order valence-electron chi connectivity index (χ2n) is 2.39. The van der Waals surface area contributed by atoms with Gasteiger partial charge in [0.25, 0.3) is 0 Å². The quantitative estimate of drug-likeness (QED) is 0.361. The first kappa shape index (κ1) is 17.0. The minimum absolute atomic E-state index is 0.484. The monoisotopic (exact) mass is 242 g/mol. The molecule has 3 nitrogen and oxygen atoms in total. The Kier molecular flexibility index (Phi) is 19.4. The summed E-state index contributed by atoms with van der Waals surface area (Å²) in [5, 5.41) is 8.37. The highest BCUT2D eigenvalue weighted by molar-refractivity contribution is 7.81. The SMILES string of the molecule is CCOCCOCC.OC(S)CCS. The molecule has 0 amide bonds. The maximum atomic E-state index is 8.37. The molecule has 0 rings (SSSR count). The highest BCUT2D eigenvalue weighted by Gasteiger charge is 1.88. The van der Waals surface area contributed by atoms with Crippen LogP contribution in [-0.4, -0.2) is 42.7 Å². The fraction of sp³-hybridized carbons (Fsp3) is 1.00. The molecule has 0 aliphatic rings. The smallest absolute Gasteiger partial charge is 0.0972 e. The Labute approximate surface area is 98.0 Å². The summed E-state index contributed by atoms with van der Waals surface area (Å²) in [7, 11) is 0. The summed E-state index contributed by atoms with van der Waals surface area (Å²) in [6.07, 6.45) is 0.659. The normalized spacial score (nSPS) is 11.8. The van der Waals surface area contributed by atoms with Crippen molar-refractivity contribution in [1.82, 2.24) is 0 Å². The maximum Gasteiger partial charge on any atom is 0.0972 e. The van der Waals surface area contributed by atoms with Crippen molar-refractivity contribution < 1.29 is 14.6 Å². The van der Waals surface area contributed by atoms with E-state index in [2.05, 4.69) is 25.3 Å². The summed E-state index contributed by atoms with van der Waals surface area (Å²) in [4.78, 5) is 0. The van der Waals surface area contributed by atoms with E-state index in [1.165, 1.54) is 0 Å². The van der Waals surface area contributed by atoms with Gasteiger partial charge in [-0.1, -0.05) is 0 Å². The summed E-state index contributed by atoms with van der Waals surface area (Å²) in [6, 6.07) is 0. The fourth-order valence-electron chi connectivity index (χ4n) is 0.522. The molecule has 1 N–H and O–H groups in total. The van der Waals surface area contributed by atoms with E-state index in [4.69, 9.17) is 14.6 Å². The Morgan fingerprint density at radius 2 is 1.57 bits per heavy atom. The molecule has 0 fully saturated rings. The van der Waals surface area contributed by atoms with E-state index in [9.17, 15) is 0 Å². The maximum absolute atomic E-state index is 8.37. The summed E-state index contributed by atoms with van der Waals surface area (Å²) in [5.41, 5.74) is -0.484. The van der Waals surface area contributed by atoms with Crippen molar-refractivity contribution in [3.8, 4) is 0 Å². The molecule has 0 saturated heterocycles. The van der Waals surface area contributed by atoms with E-state index >= 15 is 0 Å². The zero-order valence-electron chi connectivity index (χ0n) is 8.98. The summed E-state index contributed by atoms with van der Waals surface area (Å²) in [5.74, 6) is 0.699. The van der Waals surface area contributed by atoms with Gasteiger partial charge in [-0.3, -0.25) is 0 Å². The van der Waals surface area contributed by atoms with Gasteiger partial charge >= 0.3 is 0 Å². The van der Waals surface area contributed by atoms with Crippen LogP contribution in [0.15, 0.2) is 0 Å². The van der Waals surface area contributed by atoms with Crippen molar-refractivity contribution in [3.63, 3.8) is 0 Å². The molecule has 0 saturated carbocycles. The molecule has 88 valence electrons. The lowest BCUT2D eigenvalue weighted by Crippen LogP contribution is -2.02. The third-order valence-electron chi connectivity index (χ3n) is 1.17. The molecule has 0 spiro atoms. The highest BCUT2D eigenvalue weighted by Crippen LogP contribution is 1.95. The zero-order valence-corrected chi connectivity index (χ0v) is 10.8. The Bertz CT molecular complexity index is 86.1. The van der Waals surface area contributed by atoms with Crippen LogP contribution in [0.4, 0.5) is 0 Å². The molecular formula is C9H22O3S2. The van der Waals surface area contributed by atoms with Crippen LogP contribution in [0, 0.1) is 0 Å². The van der Waals surface area contributed by atoms with Crippen LogP contribution in [0.5, 0.6) is 0 Å². The van der Waals surface area contributed by atoms with E-state index in [0.717, 1.165) is 26.4 Å². The van der Waals surface area contributed by atoms with E-state index in [1.54, 1.807) is 0 Å². The fourth-order valence-corrected chi connectivity index (χ4v) is 1.10. The second kappa shape index (κ2) is 16.0. The predicted molar refractivity (Wildman–Crippen MR) is 66.4 cm³/mol. The number of aliphatic hydroxyl groups is 1. The van der Waals surface area contributed by atoms with Crippen molar-refractivity contribution in [3.05, 3.63) is 0 Å². The Morgan fingerprint density at radius 3 is 1.71 bits per heavy atom. The first-order valence-electron chi connectivity index (χ1n) is 4.81. The average Bonchev–Trinajstić information content (AvgIpc) is 2.13. The minimum Gasteiger partial charge on any atom is -0.383 e. The number of hydrogen-bond donors (Lipinski definition) is 3. The molecular weight excluding hydrogens is 220 g/mol. The number of ether oxygens (including phenoxy) is 2. The van der Waals surface area contributed by atoms with Crippen LogP contribution in [0.2, 0.25) is 0 Å². The van der Waals surface area contributed by atoms with Crippen LogP contribution in [0.25, 0.3) is 0 Å². The second-order valence-corrected chi connectivity index (χ2v) is 3.43. The van der Waals surface area contributed by atoms with Crippen molar-refractivity contribution in [2.24, 2.45) is 0 Å². The van der Waals surface area contributed by atoms with Crippen LogP contribution in [0.1, 0.15) is 20.3 Å². The van der Waals surface area contributed by atoms with Crippen molar-refractivity contribution in [2.45, 2.75) is 25.7 Å². The van der Waals surface area contributed by atoms with Crippen molar-refractivity contribution in [1.29, 1.82) is 0 Å². The summed E-state index contributed by atoms with van der Waals surface area (Å²) in [6.45, 7) is 6.98. The van der Waals surface area contributed by atoms with Crippen LogP contribution in [-0.2, 0) is 9.47 Å². The molecule has 0 aliphatic heterocycles. The van der Waals surface area contributed by atoms with Crippen LogP contribution in [0.3, 0.4) is 0 Å². The zero-order chi connectivity index (χ0) is 11.2. The number of hydrogen-bond acceptors (Lipinski definition) is 5. The molecule has 1 atom stereocenters.